The van der Waals surface area contributed by atoms with Crippen molar-refractivity contribution in [2.75, 3.05) is 0 Å². The van der Waals surface area contributed by atoms with Crippen molar-refractivity contribution < 1.29 is 9.90 Å². The lowest BCUT2D eigenvalue weighted by Crippen LogP contribution is -1.89. The number of thiophene rings is 1. The molecule has 0 saturated heterocycles. The van der Waals surface area contributed by atoms with E-state index in [9.17, 15) is 9.90 Å². The molecule has 2 nitrogen and oxygen atoms in total. The van der Waals surface area contributed by atoms with Crippen LogP contribution in [-0.4, -0.2) is 10.9 Å². The van der Waals surface area contributed by atoms with Crippen LogP contribution >= 0.6 is 34.5 Å². The molecule has 18 heavy (non-hydrogen) atoms. The van der Waals surface area contributed by atoms with Crippen LogP contribution < -0.4 is 0 Å². The molecular weight excluding hydrogens is 291 g/mol. The predicted molar refractivity (Wildman–Crippen MR) is 75.8 cm³/mol. The number of aromatic hydroxyl groups is 1. The lowest BCUT2D eigenvalue weighted by Gasteiger charge is -2.02. The Morgan fingerprint density at radius 1 is 1.33 bits per heavy atom. The molecule has 1 heterocycles. The highest BCUT2D eigenvalue weighted by Crippen LogP contribution is 2.32. The quantitative estimate of drug-likeness (QED) is 0.661. The number of hydrogen-bond acceptors (Lipinski definition) is 3. The third-order valence-electron chi connectivity index (χ3n) is 2.24. The Balaban J connectivity index is 2.27. The molecule has 0 amide bonds. The minimum Gasteiger partial charge on any atom is -0.506 e. The van der Waals surface area contributed by atoms with E-state index < -0.39 is 0 Å². The van der Waals surface area contributed by atoms with Gasteiger partial charge in [0, 0.05) is 10.6 Å². The molecule has 0 saturated carbocycles. The van der Waals surface area contributed by atoms with Crippen molar-refractivity contribution in [3.05, 3.63) is 56.2 Å². The Hall–Kier alpha value is -1.29. The number of rotatable bonds is 3. The van der Waals surface area contributed by atoms with Crippen LogP contribution in [-0.2, 0) is 0 Å². The Morgan fingerprint density at radius 3 is 2.78 bits per heavy atom. The lowest BCUT2D eigenvalue weighted by molar-refractivity contribution is 0.105. The van der Waals surface area contributed by atoms with Crippen LogP contribution in [0.15, 0.2) is 35.7 Å². The second-order valence-corrected chi connectivity index (χ2v) is 5.29. The molecule has 1 aromatic carbocycles. The number of hydrogen-bond donors (Lipinski definition) is 1. The molecule has 0 unspecified atom stereocenters. The number of allylic oxidation sites excluding steroid dienone is 1. The van der Waals surface area contributed by atoms with Gasteiger partial charge in [-0.2, -0.15) is 0 Å². The first kappa shape index (κ1) is 13.1. The zero-order valence-electron chi connectivity index (χ0n) is 9.06. The van der Waals surface area contributed by atoms with Gasteiger partial charge >= 0.3 is 0 Å². The van der Waals surface area contributed by atoms with Gasteiger partial charge in [-0.25, -0.2) is 0 Å². The molecule has 0 radical (unpaired) electrons. The summed E-state index contributed by atoms with van der Waals surface area (Å²) in [7, 11) is 0. The molecule has 2 rings (SSSR count). The molecular formula is C13H8Cl2O2S. The fraction of sp³-hybridized carbons (Fsp3) is 0. The fourth-order valence-corrected chi connectivity index (χ4v) is 2.53. The van der Waals surface area contributed by atoms with Crippen molar-refractivity contribution in [2.45, 2.75) is 0 Å². The molecule has 1 aromatic heterocycles. The summed E-state index contributed by atoms with van der Waals surface area (Å²) in [4.78, 5) is 12.4. The molecule has 0 aliphatic heterocycles. The molecule has 0 atom stereocenters. The van der Waals surface area contributed by atoms with E-state index in [2.05, 4.69) is 0 Å². The topological polar surface area (TPSA) is 37.3 Å². The van der Waals surface area contributed by atoms with E-state index in [1.54, 1.807) is 18.2 Å². The molecule has 0 bridgehead atoms. The molecule has 5 heteroatoms. The van der Waals surface area contributed by atoms with Crippen molar-refractivity contribution in [3.63, 3.8) is 0 Å². The second-order valence-electron chi connectivity index (χ2n) is 3.50. The Kier molecular flexibility index (Phi) is 4.07. The van der Waals surface area contributed by atoms with E-state index in [4.69, 9.17) is 23.2 Å². The average Bonchev–Trinajstić information content (AvgIpc) is 2.85. The first-order valence-corrected chi connectivity index (χ1v) is 6.65. The number of phenols is 1. The van der Waals surface area contributed by atoms with Crippen LogP contribution in [0.4, 0.5) is 0 Å². The zero-order chi connectivity index (χ0) is 13.1. The number of benzene rings is 1. The van der Waals surface area contributed by atoms with E-state index >= 15 is 0 Å². The highest BCUT2D eigenvalue weighted by Gasteiger charge is 2.07. The molecule has 1 N–H and O–H groups in total. The number of ketones is 1. The summed E-state index contributed by atoms with van der Waals surface area (Å²) in [6, 6.07) is 6.53. The van der Waals surface area contributed by atoms with Gasteiger partial charge in [0.25, 0.3) is 0 Å². The first-order chi connectivity index (χ1) is 8.58. The summed E-state index contributed by atoms with van der Waals surface area (Å²) in [5.41, 5.74) is 0.414. The smallest absolute Gasteiger partial charge is 0.195 e. The maximum absolute atomic E-state index is 11.7. The summed E-state index contributed by atoms with van der Waals surface area (Å²) in [5, 5.41) is 12.1. The molecule has 0 aliphatic rings. The van der Waals surface area contributed by atoms with Gasteiger partial charge in [-0.1, -0.05) is 29.3 Å². The van der Waals surface area contributed by atoms with Crippen LogP contribution in [0.2, 0.25) is 10.0 Å². The lowest BCUT2D eigenvalue weighted by atomic mass is 10.1. The van der Waals surface area contributed by atoms with Crippen molar-refractivity contribution in [3.8, 4) is 5.75 Å². The predicted octanol–water partition coefficient (Wildman–Crippen LogP) is 4.66. The van der Waals surface area contributed by atoms with Crippen molar-refractivity contribution >= 4 is 46.4 Å². The largest absolute Gasteiger partial charge is 0.506 e. The third-order valence-corrected chi connectivity index (χ3v) is 3.63. The summed E-state index contributed by atoms with van der Waals surface area (Å²) < 4.78 is 0. The highest BCUT2D eigenvalue weighted by atomic mass is 35.5. The second kappa shape index (κ2) is 5.57. The van der Waals surface area contributed by atoms with Gasteiger partial charge in [-0.15, -0.1) is 11.3 Å². The van der Waals surface area contributed by atoms with Gasteiger partial charge in [-0.3, -0.25) is 4.79 Å². The standard InChI is InChI=1S/C13H8Cl2O2S/c14-9-6-8(13(17)10(15)7-9)3-4-11(16)12-2-1-5-18-12/h1-7,17H/b4-3+. The SMILES string of the molecule is O=C(/C=C/c1cc(Cl)cc(Cl)c1O)c1cccs1. The zero-order valence-corrected chi connectivity index (χ0v) is 11.4. The van der Waals surface area contributed by atoms with Crippen molar-refractivity contribution in [2.24, 2.45) is 0 Å². The number of halogens is 2. The van der Waals surface area contributed by atoms with Crippen molar-refractivity contribution in [1.29, 1.82) is 0 Å². The summed E-state index contributed by atoms with van der Waals surface area (Å²) in [5.74, 6) is -0.211. The van der Waals surface area contributed by atoms with Gasteiger partial charge in [0.05, 0.1) is 9.90 Å². The summed E-state index contributed by atoms with van der Waals surface area (Å²) >= 11 is 13.0. The van der Waals surface area contributed by atoms with E-state index in [1.165, 1.54) is 29.6 Å². The molecule has 0 spiro atoms. The average molecular weight is 299 g/mol. The van der Waals surface area contributed by atoms with Crippen LogP contribution in [0.25, 0.3) is 6.08 Å². The number of phenolic OH excluding ortho intramolecular Hbond substituents is 1. The van der Waals surface area contributed by atoms with Crippen molar-refractivity contribution in [1.82, 2.24) is 0 Å². The summed E-state index contributed by atoms with van der Waals surface area (Å²) in [6.45, 7) is 0. The normalized spacial score (nSPS) is 11.0. The van der Waals surface area contributed by atoms with E-state index in [-0.39, 0.29) is 16.6 Å². The van der Waals surface area contributed by atoms with E-state index in [1.807, 2.05) is 5.38 Å². The Bertz CT molecular complexity index is 604. The van der Waals surface area contributed by atoms with E-state index in [0.29, 0.717) is 15.5 Å². The van der Waals surface area contributed by atoms with Crippen LogP contribution in [0.3, 0.4) is 0 Å². The Labute approximate surface area is 118 Å². The first-order valence-electron chi connectivity index (χ1n) is 5.02. The molecule has 0 aliphatic carbocycles. The van der Waals surface area contributed by atoms with Gasteiger partial charge in [0.1, 0.15) is 5.75 Å². The van der Waals surface area contributed by atoms with Gasteiger partial charge < -0.3 is 5.11 Å². The van der Waals surface area contributed by atoms with Crippen LogP contribution in [0.1, 0.15) is 15.2 Å². The monoisotopic (exact) mass is 298 g/mol. The van der Waals surface area contributed by atoms with Crippen LogP contribution in [0, 0.1) is 0 Å². The third kappa shape index (κ3) is 2.93. The maximum atomic E-state index is 11.7. The highest BCUT2D eigenvalue weighted by molar-refractivity contribution is 7.12. The Morgan fingerprint density at radius 2 is 2.11 bits per heavy atom. The van der Waals surface area contributed by atoms with Gasteiger partial charge in [0.15, 0.2) is 5.78 Å². The molecule has 2 aromatic rings. The maximum Gasteiger partial charge on any atom is 0.195 e. The molecule has 92 valence electrons. The van der Waals surface area contributed by atoms with Crippen LogP contribution in [0.5, 0.6) is 5.75 Å². The molecule has 0 fully saturated rings. The number of carbonyl (C=O) groups excluding carboxylic acids is 1. The fourth-order valence-electron chi connectivity index (χ4n) is 1.38. The number of carbonyl (C=O) groups is 1. The van der Waals surface area contributed by atoms with E-state index in [0.717, 1.165) is 0 Å². The minimum atomic E-state index is -0.125. The van der Waals surface area contributed by atoms with Gasteiger partial charge in [0.2, 0.25) is 0 Å². The van der Waals surface area contributed by atoms with Gasteiger partial charge in [-0.05, 0) is 35.7 Å². The summed E-state index contributed by atoms with van der Waals surface area (Å²) in [6.07, 6.45) is 2.88. The minimum absolute atomic E-state index is 0.0868.